The summed E-state index contributed by atoms with van der Waals surface area (Å²) in [6, 6.07) is 35.5. The van der Waals surface area contributed by atoms with E-state index < -0.39 is 5.79 Å². The molecule has 2 fully saturated rings. The van der Waals surface area contributed by atoms with Gasteiger partial charge in [0.15, 0.2) is 5.79 Å². The van der Waals surface area contributed by atoms with Gasteiger partial charge >= 0.3 is 6.03 Å². The lowest BCUT2D eigenvalue weighted by Gasteiger charge is -2.37. The lowest BCUT2D eigenvalue weighted by molar-refractivity contribution is -0.157. The summed E-state index contributed by atoms with van der Waals surface area (Å²) in [5.74, 6) is -0.814. The van der Waals surface area contributed by atoms with E-state index in [4.69, 9.17) is 20.9 Å². The van der Waals surface area contributed by atoms with Gasteiger partial charge in [-0.3, -0.25) is 0 Å². The Morgan fingerprint density at radius 1 is 0.581 bits per heavy atom. The molecular formula is C36H40N4O3. The number of anilines is 2. The fourth-order valence-corrected chi connectivity index (χ4v) is 6.39. The second kappa shape index (κ2) is 12.1. The van der Waals surface area contributed by atoms with Crippen LogP contribution in [0.5, 0.6) is 0 Å². The first-order valence-corrected chi connectivity index (χ1v) is 15.0. The number of hydrogen-bond acceptors (Lipinski definition) is 5. The number of ether oxygens (including phenoxy) is 2. The lowest BCUT2D eigenvalue weighted by Crippen LogP contribution is -2.51. The second-order valence-corrected chi connectivity index (χ2v) is 12.1. The third kappa shape index (κ3) is 6.53. The molecule has 0 saturated carbocycles. The molecule has 2 aliphatic rings. The second-order valence-electron chi connectivity index (χ2n) is 12.1. The molecule has 4 aromatic rings. The average Bonchev–Trinajstić information content (AvgIpc) is 3.31. The van der Waals surface area contributed by atoms with Gasteiger partial charge in [0, 0.05) is 24.5 Å². The van der Waals surface area contributed by atoms with Gasteiger partial charge in [-0.25, -0.2) is 4.79 Å². The number of carbonyl (C=O) groups excluding carboxylic acids is 1. The molecular weight excluding hydrogens is 536 g/mol. The van der Waals surface area contributed by atoms with Gasteiger partial charge < -0.3 is 30.7 Å². The molecule has 0 spiro atoms. The summed E-state index contributed by atoms with van der Waals surface area (Å²) in [4.78, 5) is 19.0. The van der Waals surface area contributed by atoms with Crippen LogP contribution in [0.15, 0.2) is 109 Å². The van der Waals surface area contributed by atoms with Crippen LogP contribution in [-0.4, -0.2) is 45.9 Å². The van der Waals surface area contributed by atoms with Crippen LogP contribution in [0.3, 0.4) is 0 Å². The van der Waals surface area contributed by atoms with Crippen molar-refractivity contribution in [3.05, 3.63) is 131 Å². The zero-order valence-electron chi connectivity index (χ0n) is 24.8. The van der Waals surface area contributed by atoms with Crippen molar-refractivity contribution < 1.29 is 14.3 Å². The quantitative estimate of drug-likeness (QED) is 0.250. The Kier molecular flexibility index (Phi) is 8.10. The van der Waals surface area contributed by atoms with Gasteiger partial charge in [0.25, 0.3) is 0 Å². The van der Waals surface area contributed by atoms with Crippen molar-refractivity contribution in [2.45, 2.75) is 69.9 Å². The van der Waals surface area contributed by atoms with Gasteiger partial charge in [0.1, 0.15) is 12.2 Å². The Labute approximate surface area is 254 Å². The van der Waals surface area contributed by atoms with Crippen LogP contribution < -0.4 is 11.5 Å². The maximum Gasteiger partial charge on any atom is 0.321 e. The minimum absolute atomic E-state index is 0.0343. The van der Waals surface area contributed by atoms with Gasteiger partial charge in [-0.1, -0.05) is 84.9 Å². The first-order chi connectivity index (χ1) is 20.8. The van der Waals surface area contributed by atoms with Crippen molar-refractivity contribution in [3.8, 4) is 0 Å². The number of hydrogen-bond donors (Lipinski definition) is 2. The summed E-state index contributed by atoms with van der Waals surface area (Å²) in [6.45, 7) is 4.83. The topological polar surface area (TPSA) is 94.0 Å². The monoisotopic (exact) mass is 576 g/mol. The Morgan fingerprint density at radius 3 is 1.33 bits per heavy atom. The molecule has 4 aromatic carbocycles. The highest BCUT2D eigenvalue weighted by atomic mass is 16.8. The van der Waals surface area contributed by atoms with Crippen LogP contribution in [0.2, 0.25) is 0 Å². The number of nitrogens with two attached hydrogens (primary N) is 2. The molecule has 0 radical (unpaired) electrons. The average molecular weight is 577 g/mol. The summed E-state index contributed by atoms with van der Waals surface area (Å²) in [7, 11) is 0. The SMILES string of the molecule is CC1(C)O[C@@H]2[C@@H](O1)[C@@H](Cc1ccc(N)cc1)N(Cc1ccccc1)C(=O)N(Cc1ccccc1)[C@@H]2Cc1ccc(N)cc1. The van der Waals surface area contributed by atoms with Gasteiger partial charge in [-0.05, 0) is 73.2 Å². The molecule has 0 unspecified atom stereocenters. The highest BCUT2D eigenvalue weighted by molar-refractivity contribution is 5.76. The van der Waals surface area contributed by atoms with Crippen molar-refractivity contribution >= 4 is 17.4 Å². The van der Waals surface area contributed by atoms with Crippen molar-refractivity contribution in [3.63, 3.8) is 0 Å². The van der Waals surface area contributed by atoms with E-state index in [0.717, 1.165) is 22.3 Å². The molecule has 0 aliphatic carbocycles. The van der Waals surface area contributed by atoms with E-state index in [1.807, 2.05) is 109 Å². The van der Waals surface area contributed by atoms with Crippen molar-refractivity contribution in [1.82, 2.24) is 9.80 Å². The fourth-order valence-electron chi connectivity index (χ4n) is 6.39. The smallest absolute Gasteiger partial charge is 0.321 e. The van der Waals surface area contributed by atoms with E-state index in [9.17, 15) is 4.79 Å². The van der Waals surface area contributed by atoms with E-state index in [2.05, 4.69) is 24.3 Å². The number of rotatable bonds is 8. The van der Waals surface area contributed by atoms with Crippen LogP contribution in [0.25, 0.3) is 0 Å². The number of nitrogen functional groups attached to an aromatic ring is 2. The highest BCUT2D eigenvalue weighted by Gasteiger charge is 2.55. The Hall–Kier alpha value is -4.33. The standard InChI is InChI=1S/C36H40N4O3/c1-36(2)42-33-31(21-25-13-17-29(37)18-14-25)39(23-27-9-5-3-6-10-27)35(41)40(24-28-11-7-4-8-12-28)32(34(33)43-36)22-26-15-19-30(38)20-16-26/h3-20,31-34H,21-24,37-38H2,1-2H3/t31-,32-,33+,34+/m1/s1. The molecule has 6 rings (SSSR count). The van der Waals surface area contributed by atoms with Crippen molar-refractivity contribution in [1.29, 1.82) is 0 Å². The lowest BCUT2D eigenvalue weighted by atomic mass is 9.90. The summed E-state index contributed by atoms with van der Waals surface area (Å²) in [5, 5.41) is 0. The number of carbonyl (C=O) groups is 1. The number of urea groups is 1. The zero-order valence-corrected chi connectivity index (χ0v) is 24.8. The van der Waals surface area contributed by atoms with Crippen LogP contribution in [0.4, 0.5) is 16.2 Å². The van der Waals surface area contributed by atoms with Gasteiger partial charge in [-0.2, -0.15) is 0 Å². The summed E-state index contributed by atoms with van der Waals surface area (Å²) in [6.07, 6.45) is 0.486. The van der Waals surface area contributed by atoms with Crippen LogP contribution in [0, 0.1) is 0 Å². The molecule has 7 heteroatoms. The van der Waals surface area contributed by atoms with Crippen LogP contribution >= 0.6 is 0 Å². The molecule has 222 valence electrons. The summed E-state index contributed by atoms with van der Waals surface area (Å²) < 4.78 is 13.5. The molecule has 4 N–H and O–H groups in total. The molecule has 43 heavy (non-hydrogen) atoms. The number of fused-ring (bicyclic) bond motifs is 1. The van der Waals surface area contributed by atoms with E-state index in [1.54, 1.807) is 0 Å². The Bertz CT molecular complexity index is 1400. The van der Waals surface area contributed by atoms with Crippen LogP contribution in [-0.2, 0) is 35.4 Å². The normalized spacial score (nSPS) is 23.2. The molecule has 4 atom stereocenters. The molecule has 2 aliphatic heterocycles. The molecule has 2 saturated heterocycles. The third-order valence-corrected chi connectivity index (χ3v) is 8.45. The Morgan fingerprint density at radius 2 is 0.953 bits per heavy atom. The van der Waals surface area contributed by atoms with E-state index in [1.165, 1.54) is 0 Å². The van der Waals surface area contributed by atoms with Crippen molar-refractivity contribution in [2.24, 2.45) is 0 Å². The fraction of sp³-hybridized carbons (Fsp3) is 0.306. The minimum Gasteiger partial charge on any atom is -0.399 e. The third-order valence-electron chi connectivity index (χ3n) is 8.45. The largest absolute Gasteiger partial charge is 0.399 e. The summed E-state index contributed by atoms with van der Waals surface area (Å²) in [5.41, 5.74) is 17.8. The Balaban J connectivity index is 1.48. The van der Waals surface area contributed by atoms with Gasteiger partial charge in [0.2, 0.25) is 0 Å². The number of amides is 2. The molecule has 2 heterocycles. The van der Waals surface area contributed by atoms with E-state index >= 15 is 0 Å². The summed E-state index contributed by atoms with van der Waals surface area (Å²) >= 11 is 0. The van der Waals surface area contributed by atoms with E-state index in [-0.39, 0.29) is 30.3 Å². The molecule has 0 bridgehead atoms. The van der Waals surface area contributed by atoms with Crippen molar-refractivity contribution in [2.75, 3.05) is 11.5 Å². The van der Waals surface area contributed by atoms with Gasteiger partial charge in [-0.15, -0.1) is 0 Å². The maximum absolute atomic E-state index is 15.0. The van der Waals surface area contributed by atoms with Gasteiger partial charge in [0.05, 0.1) is 12.1 Å². The van der Waals surface area contributed by atoms with Crippen LogP contribution in [0.1, 0.15) is 36.1 Å². The molecule has 7 nitrogen and oxygen atoms in total. The maximum atomic E-state index is 15.0. The predicted molar refractivity (Wildman–Crippen MR) is 170 cm³/mol. The first-order valence-electron chi connectivity index (χ1n) is 15.0. The van der Waals surface area contributed by atoms with E-state index in [0.29, 0.717) is 37.3 Å². The zero-order chi connectivity index (χ0) is 30.0. The number of nitrogens with zero attached hydrogens (tertiary/aromatic N) is 2. The minimum atomic E-state index is -0.814. The molecule has 2 amide bonds. The number of benzene rings is 4. The molecule has 0 aromatic heterocycles. The predicted octanol–water partition coefficient (Wildman–Crippen LogP) is 6.03. The highest BCUT2D eigenvalue weighted by Crippen LogP contribution is 2.40. The first kappa shape index (κ1) is 28.8.